The van der Waals surface area contributed by atoms with Crippen LogP contribution in [0.1, 0.15) is 387 Å². The fourth-order valence-corrected chi connectivity index (χ4v) is 10.6. The molecule has 0 aromatic carbocycles. The number of esters is 3. The lowest BCUT2D eigenvalue weighted by atomic mass is 10.0. The Kier molecular flexibility index (Phi) is 65.1. The molecule has 0 bridgehead atoms. The maximum absolute atomic E-state index is 12.9. The van der Waals surface area contributed by atoms with Crippen molar-refractivity contribution < 1.29 is 28.6 Å². The molecular formula is C72H134O6. The number of unbranched alkanes of at least 4 members (excludes halogenated alkanes) is 48. The van der Waals surface area contributed by atoms with Crippen molar-refractivity contribution in [3.63, 3.8) is 0 Å². The Hall–Kier alpha value is -2.37. The van der Waals surface area contributed by atoms with Gasteiger partial charge in [0.2, 0.25) is 0 Å². The van der Waals surface area contributed by atoms with E-state index in [4.69, 9.17) is 14.2 Å². The molecule has 0 aromatic rings. The molecule has 78 heavy (non-hydrogen) atoms. The van der Waals surface area contributed by atoms with Crippen LogP contribution in [-0.4, -0.2) is 37.2 Å². The van der Waals surface area contributed by atoms with Crippen LogP contribution in [0.25, 0.3) is 0 Å². The van der Waals surface area contributed by atoms with E-state index >= 15 is 0 Å². The van der Waals surface area contributed by atoms with Gasteiger partial charge in [-0.25, -0.2) is 0 Å². The quantitative estimate of drug-likeness (QED) is 0.0261. The topological polar surface area (TPSA) is 78.9 Å². The molecule has 0 aromatic heterocycles. The number of ether oxygens (including phenoxy) is 3. The first-order chi connectivity index (χ1) is 38.5. The van der Waals surface area contributed by atoms with E-state index in [2.05, 4.69) is 57.2 Å². The first-order valence-electron chi connectivity index (χ1n) is 35.0. The Morgan fingerprint density at radius 1 is 0.256 bits per heavy atom. The summed E-state index contributed by atoms with van der Waals surface area (Å²) in [5.41, 5.74) is 0. The van der Waals surface area contributed by atoms with Gasteiger partial charge in [0, 0.05) is 19.3 Å². The average molecular weight is 1100 g/mol. The van der Waals surface area contributed by atoms with Crippen LogP contribution in [0.2, 0.25) is 0 Å². The van der Waals surface area contributed by atoms with Gasteiger partial charge in [-0.2, -0.15) is 0 Å². The van der Waals surface area contributed by atoms with E-state index in [0.717, 1.165) is 64.2 Å². The van der Waals surface area contributed by atoms with Crippen molar-refractivity contribution in [2.45, 2.75) is 393 Å². The van der Waals surface area contributed by atoms with E-state index in [0.29, 0.717) is 19.3 Å². The van der Waals surface area contributed by atoms with Gasteiger partial charge in [0.25, 0.3) is 0 Å². The summed E-state index contributed by atoms with van der Waals surface area (Å²) in [6.45, 7) is 6.69. The fourth-order valence-electron chi connectivity index (χ4n) is 10.6. The molecule has 0 fully saturated rings. The minimum Gasteiger partial charge on any atom is -0.462 e. The molecule has 0 N–H and O–H groups in total. The van der Waals surface area contributed by atoms with Gasteiger partial charge in [-0.1, -0.05) is 327 Å². The second-order valence-electron chi connectivity index (χ2n) is 23.8. The number of hydrogen-bond donors (Lipinski definition) is 0. The highest BCUT2D eigenvalue weighted by atomic mass is 16.6. The van der Waals surface area contributed by atoms with Crippen LogP contribution in [0, 0.1) is 0 Å². The van der Waals surface area contributed by atoms with Gasteiger partial charge in [0.1, 0.15) is 13.2 Å². The molecule has 0 aliphatic carbocycles. The molecule has 6 heteroatoms. The molecule has 0 spiro atoms. The normalized spacial score (nSPS) is 12.2. The molecule has 0 aliphatic rings. The third kappa shape index (κ3) is 64.5. The van der Waals surface area contributed by atoms with Gasteiger partial charge in [0.05, 0.1) is 0 Å². The molecule has 0 rings (SSSR count). The smallest absolute Gasteiger partial charge is 0.306 e. The maximum Gasteiger partial charge on any atom is 0.306 e. The molecule has 458 valence electrons. The summed E-state index contributed by atoms with van der Waals surface area (Å²) < 4.78 is 17.0. The van der Waals surface area contributed by atoms with Gasteiger partial charge in [-0.05, 0) is 77.0 Å². The van der Waals surface area contributed by atoms with Crippen LogP contribution >= 0.6 is 0 Å². The first kappa shape index (κ1) is 75.6. The van der Waals surface area contributed by atoms with Crippen LogP contribution in [0.4, 0.5) is 0 Å². The van der Waals surface area contributed by atoms with Crippen molar-refractivity contribution in [2.24, 2.45) is 0 Å². The molecule has 0 saturated carbocycles. The zero-order chi connectivity index (χ0) is 56.4. The number of carbonyl (C=O) groups excluding carboxylic acids is 3. The van der Waals surface area contributed by atoms with Gasteiger partial charge in [-0.15, -0.1) is 0 Å². The van der Waals surface area contributed by atoms with E-state index in [-0.39, 0.29) is 31.1 Å². The van der Waals surface area contributed by atoms with Crippen molar-refractivity contribution in [3.8, 4) is 0 Å². The number of hydrogen-bond acceptors (Lipinski definition) is 6. The second kappa shape index (κ2) is 67.1. The SMILES string of the molecule is CCCCCCC/C=C\C/C=C\CCCCCCCCCCCCCCCCCCCC(=O)OCC(COC(=O)CCCCCCCCCCCCCCCC)OC(=O)CCCCCCCCC/C=C\CCCCCCCC. The van der Waals surface area contributed by atoms with E-state index in [1.54, 1.807) is 0 Å². The lowest BCUT2D eigenvalue weighted by Crippen LogP contribution is -2.30. The van der Waals surface area contributed by atoms with E-state index in [1.165, 1.54) is 283 Å². The van der Waals surface area contributed by atoms with Crippen molar-refractivity contribution in [2.75, 3.05) is 13.2 Å². The zero-order valence-electron chi connectivity index (χ0n) is 52.7. The van der Waals surface area contributed by atoms with Crippen molar-refractivity contribution in [3.05, 3.63) is 36.5 Å². The van der Waals surface area contributed by atoms with Crippen LogP contribution in [0.3, 0.4) is 0 Å². The molecule has 1 unspecified atom stereocenters. The van der Waals surface area contributed by atoms with Crippen molar-refractivity contribution in [1.29, 1.82) is 0 Å². The molecular weight excluding hydrogens is 961 g/mol. The number of allylic oxidation sites excluding steroid dienone is 6. The highest BCUT2D eigenvalue weighted by molar-refractivity contribution is 5.71. The monoisotopic (exact) mass is 1100 g/mol. The average Bonchev–Trinajstić information content (AvgIpc) is 3.44. The fraction of sp³-hybridized carbons (Fsp3) is 0.875. The molecule has 0 radical (unpaired) electrons. The van der Waals surface area contributed by atoms with Gasteiger partial charge >= 0.3 is 17.9 Å². The van der Waals surface area contributed by atoms with Gasteiger partial charge < -0.3 is 14.2 Å². The lowest BCUT2D eigenvalue weighted by molar-refractivity contribution is -0.167. The Labute approximate surface area is 486 Å². The van der Waals surface area contributed by atoms with E-state index in [9.17, 15) is 14.4 Å². The highest BCUT2D eigenvalue weighted by Gasteiger charge is 2.19. The Balaban J connectivity index is 4.19. The molecule has 0 amide bonds. The summed E-state index contributed by atoms with van der Waals surface area (Å²) in [5, 5.41) is 0. The third-order valence-electron chi connectivity index (χ3n) is 15.9. The summed E-state index contributed by atoms with van der Waals surface area (Å²) in [7, 11) is 0. The summed E-state index contributed by atoms with van der Waals surface area (Å²) in [5.74, 6) is -0.844. The molecule has 6 nitrogen and oxygen atoms in total. The Morgan fingerprint density at radius 2 is 0.462 bits per heavy atom. The van der Waals surface area contributed by atoms with Crippen LogP contribution in [0.5, 0.6) is 0 Å². The zero-order valence-corrected chi connectivity index (χ0v) is 52.7. The summed E-state index contributed by atoms with van der Waals surface area (Å²) in [6.07, 6.45) is 83.1. The Bertz CT molecular complexity index is 1300. The standard InChI is InChI=1S/C72H134O6/c1-4-7-10-13-16-19-22-25-28-30-31-32-33-34-35-36-37-38-39-40-41-43-44-47-50-53-56-59-62-65-71(74)77-68-69(67-76-70(73)64-61-58-55-52-49-46-27-24-21-18-15-12-9-6-3)78-72(75)66-63-60-57-54-51-48-45-42-29-26-23-20-17-14-11-8-5-2/h22,25-26,29-31,69H,4-21,23-24,27-28,32-68H2,1-3H3/b25-22-,29-26-,31-30-. The lowest BCUT2D eigenvalue weighted by Gasteiger charge is -2.18. The number of rotatable bonds is 65. The van der Waals surface area contributed by atoms with Crippen molar-refractivity contribution in [1.82, 2.24) is 0 Å². The predicted molar refractivity (Wildman–Crippen MR) is 339 cm³/mol. The summed E-state index contributed by atoms with van der Waals surface area (Å²) in [6, 6.07) is 0. The predicted octanol–water partition coefficient (Wildman–Crippen LogP) is 23.9. The molecule has 0 saturated heterocycles. The highest BCUT2D eigenvalue weighted by Crippen LogP contribution is 2.18. The van der Waals surface area contributed by atoms with Crippen LogP contribution in [-0.2, 0) is 28.6 Å². The maximum atomic E-state index is 12.9. The number of carbonyl (C=O) groups is 3. The van der Waals surface area contributed by atoms with Gasteiger partial charge in [-0.3, -0.25) is 14.4 Å². The van der Waals surface area contributed by atoms with Crippen LogP contribution in [0.15, 0.2) is 36.5 Å². The van der Waals surface area contributed by atoms with Crippen LogP contribution < -0.4 is 0 Å². The molecule has 0 heterocycles. The summed E-state index contributed by atoms with van der Waals surface area (Å²) in [4.78, 5) is 38.4. The minimum absolute atomic E-state index is 0.0679. The van der Waals surface area contributed by atoms with Crippen molar-refractivity contribution >= 4 is 17.9 Å². The molecule has 0 aliphatic heterocycles. The second-order valence-corrected chi connectivity index (χ2v) is 23.8. The minimum atomic E-state index is -0.771. The van der Waals surface area contributed by atoms with E-state index < -0.39 is 6.10 Å². The largest absolute Gasteiger partial charge is 0.462 e. The third-order valence-corrected chi connectivity index (χ3v) is 15.9. The molecule has 1 atom stereocenters. The summed E-state index contributed by atoms with van der Waals surface area (Å²) >= 11 is 0. The van der Waals surface area contributed by atoms with E-state index in [1.807, 2.05) is 0 Å². The van der Waals surface area contributed by atoms with Gasteiger partial charge in [0.15, 0.2) is 6.10 Å². The Morgan fingerprint density at radius 3 is 0.718 bits per heavy atom. The first-order valence-corrected chi connectivity index (χ1v) is 35.0.